The van der Waals surface area contributed by atoms with Gasteiger partial charge in [0.05, 0.1) is 11.5 Å². The van der Waals surface area contributed by atoms with Crippen molar-refractivity contribution in [1.82, 2.24) is 4.72 Å². The lowest BCUT2D eigenvalue weighted by molar-refractivity contribution is 0.340. The van der Waals surface area contributed by atoms with Gasteiger partial charge in [0.1, 0.15) is 17.4 Å². The summed E-state index contributed by atoms with van der Waals surface area (Å²) < 4.78 is 58.9. The maximum Gasteiger partial charge on any atom is 0.241 e. The lowest BCUT2D eigenvalue weighted by atomic mass is 10.1. The first kappa shape index (κ1) is 17.4. The number of rotatable bonds is 6. The second kappa shape index (κ2) is 7.06. The van der Waals surface area contributed by atoms with Gasteiger partial charge in [-0.1, -0.05) is 6.07 Å². The summed E-state index contributed by atoms with van der Waals surface area (Å²) in [4.78, 5) is 0.0373. The van der Waals surface area contributed by atoms with E-state index in [0.717, 1.165) is 12.1 Å². The van der Waals surface area contributed by atoms with Crippen molar-refractivity contribution in [2.75, 3.05) is 6.61 Å². The molecule has 23 heavy (non-hydrogen) atoms. The monoisotopic (exact) mass is 341 g/mol. The summed E-state index contributed by atoms with van der Waals surface area (Å²) in [6.45, 7) is 3.79. The average molecular weight is 341 g/mol. The zero-order valence-corrected chi connectivity index (χ0v) is 13.5. The minimum Gasteiger partial charge on any atom is -0.494 e. The molecule has 1 atom stereocenters. The van der Waals surface area contributed by atoms with Gasteiger partial charge in [-0.3, -0.25) is 0 Å². The zero-order valence-electron chi connectivity index (χ0n) is 12.7. The molecule has 0 unspecified atom stereocenters. The third kappa shape index (κ3) is 4.27. The van der Waals surface area contributed by atoms with E-state index in [1.165, 1.54) is 25.1 Å². The van der Waals surface area contributed by atoms with Crippen LogP contribution in [0.2, 0.25) is 0 Å². The molecule has 0 saturated carbocycles. The molecule has 2 rings (SSSR count). The van der Waals surface area contributed by atoms with Crippen LogP contribution in [0.5, 0.6) is 5.75 Å². The highest BCUT2D eigenvalue weighted by atomic mass is 32.2. The summed E-state index contributed by atoms with van der Waals surface area (Å²) in [5.74, 6) is -0.955. The molecule has 1 N–H and O–H groups in total. The molecular weight excluding hydrogens is 324 g/mol. The molecule has 4 nitrogen and oxygen atoms in total. The number of ether oxygens (including phenoxy) is 1. The summed E-state index contributed by atoms with van der Waals surface area (Å²) in [5, 5.41) is 0. The lowest BCUT2D eigenvalue weighted by Gasteiger charge is -2.15. The molecule has 2 aromatic rings. The molecule has 0 radical (unpaired) electrons. The van der Waals surface area contributed by atoms with Gasteiger partial charge in [0.2, 0.25) is 10.0 Å². The van der Waals surface area contributed by atoms with Crippen molar-refractivity contribution < 1.29 is 21.9 Å². The molecule has 0 heterocycles. The predicted octanol–water partition coefficient (Wildman–Crippen LogP) is 3.40. The lowest BCUT2D eigenvalue weighted by Crippen LogP contribution is -2.27. The highest BCUT2D eigenvalue weighted by Crippen LogP contribution is 2.21. The van der Waals surface area contributed by atoms with E-state index in [4.69, 9.17) is 4.74 Å². The molecule has 0 bridgehead atoms. The average Bonchev–Trinajstić information content (AvgIpc) is 2.47. The molecule has 0 saturated heterocycles. The van der Waals surface area contributed by atoms with Gasteiger partial charge < -0.3 is 4.74 Å². The third-order valence-electron chi connectivity index (χ3n) is 3.21. The van der Waals surface area contributed by atoms with Crippen molar-refractivity contribution in [2.24, 2.45) is 0 Å². The predicted molar refractivity (Wildman–Crippen MR) is 82.7 cm³/mol. The number of nitrogens with one attached hydrogen (secondary N) is 1. The second-order valence-electron chi connectivity index (χ2n) is 4.91. The number of hydrogen-bond donors (Lipinski definition) is 1. The first-order valence-corrected chi connectivity index (χ1v) is 8.52. The molecule has 0 spiro atoms. The van der Waals surface area contributed by atoms with Crippen molar-refractivity contribution in [3.8, 4) is 5.75 Å². The molecule has 0 amide bonds. The molecule has 2 aromatic carbocycles. The van der Waals surface area contributed by atoms with E-state index in [0.29, 0.717) is 12.4 Å². The van der Waals surface area contributed by atoms with Crippen LogP contribution in [0.3, 0.4) is 0 Å². The fourth-order valence-electron chi connectivity index (χ4n) is 2.10. The van der Waals surface area contributed by atoms with E-state index < -0.39 is 27.7 Å². The van der Waals surface area contributed by atoms with Crippen LogP contribution in [0.25, 0.3) is 0 Å². The Bertz CT molecular complexity index is 776. The van der Waals surface area contributed by atoms with Crippen molar-refractivity contribution in [1.29, 1.82) is 0 Å². The van der Waals surface area contributed by atoms with Crippen LogP contribution in [0.1, 0.15) is 25.5 Å². The van der Waals surface area contributed by atoms with Gasteiger partial charge in [-0.25, -0.2) is 21.9 Å². The summed E-state index contributed by atoms with van der Waals surface area (Å²) >= 11 is 0. The van der Waals surface area contributed by atoms with Gasteiger partial charge in [0.25, 0.3) is 0 Å². The molecule has 0 aliphatic carbocycles. The number of hydrogen-bond acceptors (Lipinski definition) is 3. The van der Waals surface area contributed by atoms with E-state index >= 15 is 0 Å². The minimum atomic E-state index is -3.83. The van der Waals surface area contributed by atoms with Crippen LogP contribution in [-0.2, 0) is 10.0 Å². The Hall–Kier alpha value is -1.99. The van der Waals surface area contributed by atoms with Gasteiger partial charge in [0, 0.05) is 17.7 Å². The van der Waals surface area contributed by atoms with Crippen LogP contribution in [0, 0.1) is 11.6 Å². The van der Waals surface area contributed by atoms with Crippen LogP contribution in [-0.4, -0.2) is 15.0 Å². The van der Waals surface area contributed by atoms with Crippen LogP contribution >= 0.6 is 0 Å². The molecule has 0 fully saturated rings. The van der Waals surface area contributed by atoms with E-state index in [-0.39, 0.29) is 10.5 Å². The van der Waals surface area contributed by atoms with Gasteiger partial charge in [-0.05, 0) is 44.2 Å². The van der Waals surface area contributed by atoms with Crippen molar-refractivity contribution in [3.63, 3.8) is 0 Å². The van der Waals surface area contributed by atoms with Crippen LogP contribution in [0.4, 0.5) is 8.78 Å². The molecular formula is C16H17F2NO3S. The standard InChI is InChI=1S/C16H17F2NO3S/c1-3-22-13-5-7-14(8-6-13)23(20,21)19-11(2)15-9-4-12(17)10-16(15)18/h4-11,19H,3H2,1-2H3/t11-/m1/s1. The summed E-state index contributed by atoms with van der Waals surface area (Å²) in [6.07, 6.45) is 0. The highest BCUT2D eigenvalue weighted by Gasteiger charge is 2.20. The molecule has 124 valence electrons. The van der Waals surface area contributed by atoms with Crippen LogP contribution < -0.4 is 9.46 Å². The third-order valence-corrected chi connectivity index (χ3v) is 4.76. The highest BCUT2D eigenvalue weighted by molar-refractivity contribution is 7.89. The molecule has 0 aromatic heterocycles. The molecule has 7 heteroatoms. The normalized spacial score (nSPS) is 12.9. The first-order valence-electron chi connectivity index (χ1n) is 7.03. The maximum atomic E-state index is 13.7. The van der Waals surface area contributed by atoms with Crippen LogP contribution in [0.15, 0.2) is 47.4 Å². The Balaban J connectivity index is 2.19. The Morgan fingerprint density at radius 1 is 1.13 bits per heavy atom. The van der Waals surface area contributed by atoms with Gasteiger partial charge in [-0.15, -0.1) is 0 Å². The topological polar surface area (TPSA) is 55.4 Å². The van der Waals surface area contributed by atoms with Gasteiger partial charge >= 0.3 is 0 Å². The smallest absolute Gasteiger partial charge is 0.241 e. The number of sulfonamides is 1. The Morgan fingerprint density at radius 2 is 1.78 bits per heavy atom. The quantitative estimate of drug-likeness (QED) is 0.876. The Morgan fingerprint density at radius 3 is 2.35 bits per heavy atom. The number of benzene rings is 2. The summed E-state index contributed by atoms with van der Waals surface area (Å²) in [6, 6.07) is 8.07. The Kier molecular flexibility index (Phi) is 5.33. The fraction of sp³-hybridized carbons (Fsp3) is 0.250. The molecule has 0 aliphatic heterocycles. The van der Waals surface area contributed by atoms with E-state index in [2.05, 4.69) is 4.72 Å². The van der Waals surface area contributed by atoms with Crippen molar-refractivity contribution in [2.45, 2.75) is 24.8 Å². The molecule has 0 aliphatic rings. The summed E-state index contributed by atoms with van der Waals surface area (Å²) in [5.41, 5.74) is 0.0703. The van der Waals surface area contributed by atoms with E-state index in [1.54, 1.807) is 12.1 Å². The van der Waals surface area contributed by atoms with Crippen molar-refractivity contribution >= 4 is 10.0 Å². The minimum absolute atomic E-state index is 0.0373. The summed E-state index contributed by atoms with van der Waals surface area (Å²) in [7, 11) is -3.83. The zero-order chi connectivity index (χ0) is 17.0. The fourth-order valence-corrected chi connectivity index (χ4v) is 3.32. The second-order valence-corrected chi connectivity index (χ2v) is 6.63. The Labute approximate surface area is 134 Å². The van der Waals surface area contributed by atoms with E-state index in [1.807, 2.05) is 6.92 Å². The maximum absolute atomic E-state index is 13.7. The van der Waals surface area contributed by atoms with Gasteiger partial charge in [-0.2, -0.15) is 0 Å². The first-order chi connectivity index (χ1) is 10.8. The van der Waals surface area contributed by atoms with Gasteiger partial charge in [0.15, 0.2) is 0 Å². The largest absolute Gasteiger partial charge is 0.494 e. The SMILES string of the molecule is CCOc1ccc(S(=O)(=O)N[C@H](C)c2ccc(F)cc2F)cc1. The van der Waals surface area contributed by atoms with Crippen molar-refractivity contribution in [3.05, 3.63) is 59.7 Å². The number of halogens is 2. The van der Waals surface area contributed by atoms with E-state index in [9.17, 15) is 17.2 Å².